The molecular weight excluding hydrogens is 234 g/mol. The summed E-state index contributed by atoms with van der Waals surface area (Å²) < 4.78 is 0. The number of hydroxylamine groups is 2. The number of carbonyl (C=O) groups excluding carboxylic acids is 1. The van der Waals surface area contributed by atoms with Crippen LogP contribution >= 0.6 is 0 Å². The first kappa shape index (κ1) is 22.1. The maximum atomic E-state index is 11.1. The Morgan fingerprint density at radius 3 is 1.72 bits per heavy atom. The molecule has 110 valence electrons. The van der Waals surface area contributed by atoms with E-state index in [0.29, 0.717) is 11.5 Å². The first-order chi connectivity index (χ1) is 8.45. The Labute approximate surface area is 111 Å². The Balaban J connectivity index is -0.000000506. The molecule has 2 unspecified atom stereocenters. The van der Waals surface area contributed by atoms with Crippen LogP contribution in [0.2, 0.25) is 0 Å². The Bertz CT molecular complexity index is 219. The molecule has 0 aromatic rings. The summed E-state index contributed by atoms with van der Waals surface area (Å²) in [4.78, 5) is 21.9. The van der Waals surface area contributed by atoms with E-state index in [4.69, 9.17) is 5.11 Å². The highest BCUT2D eigenvalue weighted by Crippen LogP contribution is 2.14. The first-order valence-corrected chi connectivity index (χ1v) is 6.69. The molecule has 2 N–H and O–H groups in total. The highest BCUT2D eigenvalue weighted by atomic mass is 16.5. The molecule has 0 saturated heterocycles. The maximum Gasteiger partial charge on any atom is 0.329 e. The lowest BCUT2D eigenvalue weighted by Gasteiger charge is -2.26. The van der Waals surface area contributed by atoms with E-state index in [9.17, 15) is 14.8 Å². The molecule has 0 aromatic carbocycles. The summed E-state index contributed by atoms with van der Waals surface area (Å²) >= 11 is 0. The number of hydrogen-bond donors (Lipinski definition) is 2. The summed E-state index contributed by atoms with van der Waals surface area (Å²) in [5, 5.41) is 18.5. The predicted molar refractivity (Wildman–Crippen MR) is 72.5 cm³/mol. The highest BCUT2D eigenvalue weighted by molar-refractivity contribution is 5.82. The number of carboxylic acids is 1. The van der Waals surface area contributed by atoms with Crippen molar-refractivity contribution >= 4 is 11.9 Å². The standard InChI is InChI=1S/C9H17NO4.2C2H6/c1-4-6(3)8(9(12)13)10(14)7(11)5-2;2*1-2/h6,8,14H,4-5H2,1-3H3,(H,12,13);2*1-2H3. The highest BCUT2D eigenvalue weighted by Gasteiger charge is 2.32. The molecule has 0 aliphatic rings. The van der Waals surface area contributed by atoms with E-state index in [1.807, 2.05) is 34.6 Å². The fraction of sp³-hybridized carbons (Fsp3) is 0.846. The zero-order valence-corrected chi connectivity index (χ0v) is 12.7. The molecule has 2 atom stereocenters. The zero-order valence-electron chi connectivity index (χ0n) is 12.7. The molecule has 0 rings (SSSR count). The molecule has 0 saturated carbocycles. The fourth-order valence-electron chi connectivity index (χ4n) is 1.13. The average Bonchev–Trinajstić information content (AvgIpc) is 2.41. The molecule has 0 aromatic heterocycles. The predicted octanol–water partition coefficient (Wildman–Crippen LogP) is 3.17. The van der Waals surface area contributed by atoms with Crippen molar-refractivity contribution in [3.8, 4) is 0 Å². The van der Waals surface area contributed by atoms with Crippen LogP contribution in [-0.2, 0) is 9.59 Å². The van der Waals surface area contributed by atoms with E-state index in [-0.39, 0.29) is 12.3 Å². The van der Waals surface area contributed by atoms with Gasteiger partial charge in [0.2, 0.25) is 5.91 Å². The minimum absolute atomic E-state index is 0.0940. The van der Waals surface area contributed by atoms with Gasteiger partial charge in [-0.25, -0.2) is 9.86 Å². The quantitative estimate of drug-likeness (QED) is 0.590. The Morgan fingerprint density at radius 2 is 1.50 bits per heavy atom. The van der Waals surface area contributed by atoms with Gasteiger partial charge in [-0.15, -0.1) is 0 Å². The Kier molecular flexibility index (Phi) is 17.2. The number of amides is 1. The maximum absolute atomic E-state index is 11.1. The van der Waals surface area contributed by atoms with E-state index >= 15 is 0 Å². The lowest BCUT2D eigenvalue weighted by atomic mass is 9.99. The summed E-state index contributed by atoms with van der Waals surface area (Å²) in [6, 6.07) is -1.15. The average molecular weight is 263 g/mol. The van der Waals surface area contributed by atoms with Crippen molar-refractivity contribution in [3.63, 3.8) is 0 Å². The number of aliphatic carboxylic acids is 1. The van der Waals surface area contributed by atoms with Gasteiger partial charge >= 0.3 is 5.97 Å². The third-order valence-corrected chi connectivity index (χ3v) is 2.26. The van der Waals surface area contributed by atoms with Crippen LogP contribution in [0.5, 0.6) is 0 Å². The van der Waals surface area contributed by atoms with Crippen LogP contribution < -0.4 is 0 Å². The van der Waals surface area contributed by atoms with Crippen LogP contribution in [0.15, 0.2) is 0 Å². The van der Waals surface area contributed by atoms with Gasteiger partial charge in [0.05, 0.1) is 0 Å². The normalized spacial score (nSPS) is 12.0. The minimum Gasteiger partial charge on any atom is -0.480 e. The van der Waals surface area contributed by atoms with Gasteiger partial charge < -0.3 is 5.11 Å². The molecule has 18 heavy (non-hydrogen) atoms. The Hall–Kier alpha value is -1.10. The summed E-state index contributed by atoms with van der Waals surface area (Å²) in [6.07, 6.45) is 0.682. The van der Waals surface area contributed by atoms with E-state index in [0.717, 1.165) is 0 Å². The van der Waals surface area contributed by atoms with Crippen molar-refractivity contribution in [1.29, 1.82) is 0 Å². The second-order valence-corrected chi connectivity index (χ2v) is 3.26. The van der Waals surface area contributed by atoms with Crippen molar-refractivity contribution in [3.05, 3.63) is 0 Å². The number of hydrogen-bond acceptors (Lipinski definition) is 3. The molecule has 0 spiro atoms. The van der Waals surface area contributed by atoms with Gasteiger partial charge in [-0.3, -0.25) is 10.0 Å². The first-order valence-electron chi connectivity index (χ1n) is 6.69. The van der Waals surface area contributed by atoms with Gasteiger partial charge in [0, 0.05) is 6.42 Å². The molecule has 0 fully saturated rings. The van der Waals surface area contributed by atoms with E-state index in [1.165, 1.54) is 0 Å². The summed E-state index contributed by atoms with van der Waals surface area (Å²) in [5.74, 6) is -2.02. The molecule has 1 amide bonds. The third kappa shape index (κ3) is 8.06. The van der Waals surface area contributed by atoms with Crippen LogP contribution in [0.4, 0.5) is 0 Å². The molecular formula is C13H29NO4. The summed E-state index contributed by atoms with van der Waals surface area (Å²) in [6.45, 7) is 13.1. The Morgan fingerprint density at radius 1 is 1.11 bits per heavy atom. The zero-order chi connectivity index (χ0) is 15.3. The van der Waals surface area contributed by atoms with Gasteiger partial charge in [-0.05, 0) is 5.92 Å². The molecule has 0 aliphatic carbocycles. The van der Waals surface area contributed by atoms with Crippen molar-refractivity contribution in [1.82, 2.24) is 5.06 Å². The van der Waals surface area contributed by atoms with Crippen LogP contribution in [0.3, 0.4) is 0 Å². The number of rotatable bonds is 5. The lowest BCUT2D eigenvalue weighted by Crippen LogP contribution is -2.46. The molecule has 0 bridgehead atoms. The van der Waals surface area contributed by atoms with Crippen molar-refractivity contribution in [2.75, 3.05) is 0 Å². The summed E-state index contributed by atoms with van der Waals surface area (Å²) in [5.41, 5.74) is 0. The van der Waals surface area contributed by atoms with Crippen molar-refractivity contribution in [2.24, 2.45) is 5.92 Å². The van der Waals surface area contributed by atoms with Crippen LogP contribution in [0.25, 0.3) is 0 Å². The largest absolute Gasteiger partial charge is 0.480 e. The number of nitrogens with zero attached hydrogens (tertiary/aromatic N) is 1. The fourth-order valence-corrected chi connectivity index (χ4v) is 1.13. The van der Waals surface area contributed by atoms with E-state index < -0.39 is 17.9 Å². The van der Waals surface area contributed by atoms with E-state index in [1.54, 1.807) is 13.8 Å². The van der Waals surface area contributed by atoms with E-state index in [2.05, 4.69) is 0 Å². The monoisotopic (exact) mass is 263 g/mol. The van der Waals surface area contributed by atoms with Gasteiger partial charge in [-0.1, -0.05) is 54.9 Å². The van der Waals surface area contributed by atoms with Gasteiger partial charge in [0.15, 0.2) is 6.04 Å². The van der Waals surface area contributed by atoms with Gasteiger partial charge in [-0.2, -0.15) is 0 Å². The second kappa shape index (κ2) is 14.0. The van der Waals surface area contributed by atoms with Crippen LogP contribution in [0.1, 0.15) is 61.3 Å². The SMILES string of the molecule is CC.CC.CCC(=O)N(O)C(C(=O)O)C(C)CC. The molecule has 0 heterocycles. The van der Waals surface area contributed by atoms with Gasteiger partial charge in [0.25, 0.3) is 0 Å². The number of carbonyl (C=O) groups is 2. The topological polar surface area (TPSA) is 77.8 Å². The molecule has 0 aliphatic heterocycles. The third-order valence-electron chi connectivity index (χ3n) is 2.26. The van der Waals surface area contributed by atoms with Crippen LogP contribution in [0, 0.1) is 5.92 Å². The minimum atomic E-state index is -1.18. The smallest absolute Gasteiger partial charge is 0.329 e. The second-order valence-electron chi connectivity index (χ2n) is 3.26. The lowest BCUT2D eigenvalue weighted by molar-refractivity contribution is -0.190. The molecule has 0 radical (unpaired) electrons. The summed E-state index contributed by atoms with van der Waals surface area (Å²) in [7, 11) is 0. The molecule has 5 nitrogen and oxygen atoms in total. The van der Waals surface area contributed by atoms with Gasteiger partial charge in [0.1, 0.15) is 0 Å². The molecule has 5 heteroatoms. The van der Waals surface area contributed by atoms with Crippen molar-refractivity contribution in [2.45, 2.75) is 67.3 Å². The van der Waals surface area contributed by atoms with Crippen molar-refractivity contribution < 1.29 is 19.9 Å². The number of carboxylic acid groups (broad SMARTS) is 1. The van der Waals surface area contributed by atoms with Crippen LogP contribution in [-0.4, -0.2) is 33.3 Å².